The molecule has 7 heteroatoms. The quantitative estimate of drug-likeness (QED) is 0.462. The van der Waals surface area contributed by atoms with Gasteiger partial charge in [-0.2, -0.15) is 0 Å². The van der Waals surface area contributed by atoms with Crippen LogP contribution in [0.2, 0.25) is 0 Å². The van der Waals surface area contributed by atoms with Gasteiger partial charge in [0.2, 0.25) is 0 Å². The van der Waals surface area contributed by atoms with E-state index in [2.05, 4.69) is 10.2 Å². The summed E-state index contributed by atoms with van der Waals surface area (Å²) in [6, 6.07) is 5.81. The van der Waals surface area contributed by atoms with Gasteiger partial charge in [-0.05, 0) is 37.0 Å². The van der Waals surface area contributed by atoms with Crippen molar-refractivity contribution < 1.29 is 17.9 Å². The van der Waals surface area contributed by atoms with E-state index in [1.54, 1.807) is 12.1 Å². The van der Waals surface area contributed by atoms with Crippen molar-refractivity contribution in [2.75, 3.05) is 5.88 Å². The van der Waals surface area contributed by atoms with Crippen molar-refractivity contribution in [3.63, 3.8) is 0 Å². The Morgan fingerprint density at radius 2 is 1.89 bits per heavy atom. The monoisotopic (exact) mass is 296 g/mol. The third kappa shape index (κ3) is 6.66. The summed E-state index contributed by atoms with van der Waals surface area (Å²) in [4.78, 5) is 0. The summed E-state index contributed by atoms with van der Waals surface area (Å²) in [6.45, 7) is 0. The molecule has 0 spiro atoms. The maximum absolute atomic E-state index is 12.0. The number of hydrogen-bond donors (Lipinski definition) is 2. The Morgan fingerprint density at radius 3 is 2.37 bits per heavy atom. The molecule has 0 radical (unpaired) electrons. The Balaban J connectivity index is 2.55. The molecule has 0 heterocycles. The van der Waals surface area contributed by atoms with E-state index in [4.69, 9.17) is 17.4 Å². The van der Waals surface area contributed by atoms with E-state index in [1.165, 1.54) is 12.1 Å². The molecule has 108 valence electrons. The standard InChI is InChI=1S/C12H16ClF3N2O/c13-7-1-2-10(18-17)8-9-3-5-11(6-4-9)19-12(14,15)16/h3-6,10,18H,1-2,7-8,17H2. The highest BCUT2D eigenvalue weighted by molar-refractivity contribution is 6.17. The first-order valence-corrected chi connectivity index (χ1v) is 6.35. The van der Waals surface area contributed by atoms with Crippen molar-refractivity contribution in [3.8, 4) is 5.75 Å². The summed E-state index contributed by atoms with van der Waals surface area (Å²) in [5.74, 6) is 5.73. The van der Waals surface area contributed by atoms with Crippen LogP contribution in [0.15, 0.2) is 24.3 Å². The van der Waals surface area contributed by atoms with Gasteiger partial charge in [0.1, 0.15) is 5.75 Å². The fourth-order valence-corrected chi connectivity index (χ4v) is 1.83. The Hall–Kier alpha value is -0.980. The van der Waals surface area contributed by atoms with Crippen molar-refractivity contribution in [2.45, 2.75) is 31.7 Å². The fourth-order valence-electron chi connectivity index (χ4n) is 1.68. The molecule has 1 atom stereocenters. The van der Waals surface area contributed by atoms with Gasteiger partial charge in [-0.3, -0.25) is 11.3 Å². The topological polar surface area (TPSA) is 47.3 Å². The molecule has 1 rings (SSSR count). The second-order valence-corrected chi connectivity index (χ2v) is 4.47. The van der Waals surface area contributed by atoms with Gasteiger partial charge in [-0.1, -0.05) is 12.1 Å². The molecule has 1 unspecified atom stereocenters. The summed E-state index contributed by atoms with van der Waals surface area (Å²) in [7, 11) is 0. The second kappa shape index (κ2) is 7.57. The van der Waals surface area contributed by atoms with Gasteiger partial charge in [0, 0.05) is 11.9 Å². The maximum atomic E-state index is 12.0. The van der Waals surface area contributed by atoms with Gasteiger partial charge >= 0.3 is 6.36 Å². The Labute approximate surface area is 114 Å². The Kier molecular flexibility index (Phi) is 6.41. The molecule has 3 N–H and O–H groups in total. The highest BCUT2D eigenvalue weighted by Gasteiger charge is 2.30. The number of halogens is 4. The zero-order chi connectivity index (χ0) is 14.3. The van der Waals surface area contributed by atoms with Crippen molar-refractivity contribution >= 4 is 11.6 Å². The van der Waals surface area contributed by atoms with Gasteiger partial charge in [0.15, 0.2) is 0 Å². The van der Waals surface area contributed by atoms with Crippen LogP contribution in [-0.4, -0.2) is 18.3 Å². The zero-order valence-corrected chi connectivity index (χ0v) is 11.0. The predicted octanol–water partition coefficient (Wildman–Crippen LogP) is 2.98. The largest absolute Gasteiger partial charge is 0.573 e. The molecule has 0 aliphatic heterocycles. The first-order valence-electron chi connectivity index (χ1n) is 5.81. The molecule has 0 aliphatic rings. The SMILES string of the molecule is NNC(CCCCl)Cc1ccc(OC(F)(F)F)cc1. The van der Waals surface area contributed by atoms with Crippen LogP contribution in [0.3, 0.4) is 0 Å². The number of benzene rings is 1. The van der Waals surface area contributed by atoms with Crippen LogP contribution in [0.1, 0.15) is 18.4 Å². The van der Waals surface area contributed by atoms with E-state index in [9.17, 15) is 13.2 Å². The van der Waals surface area contributed by atoms with Gasteiger partial charge < -0.3 is 4.74 Å². The number of ether oxygens (including phenoxy) is 1. The number of alkyl halides is 4. The average molecular weight is 297 g/mol. The molecular weight excluding hydrogens is 281 g/mol. The van der Waals surface area contributed by atoms with Crippen molar-refractivity contribution in [3.05, 3.63) is 29.8 Å². The third-order valence-corrected chi connectivity index (χ3v) is 2.83. The lowest BCUT2D eigenvalue weighted by Gasteiger charge is -2.15. The van der Waals surface area contributed by atoms with Crippen LogP contribution in [0.5, 0.6) is 5.75 Å². The second-order valence-electron chi connectivity index (χ2n) is 4.09. The van der Waals surface area contributed by atoms with E-state index in [0.29, 0.717) is 12.3 Å². The van der Waals surface area contributed by atoms with Crippen molar-refractivity contribution in [2.24, 2.45) is 5.84 Å². The fraction of sp³-hybridized carbons (Fsp3) is 0.500. The molecule has 0 saturated heterocycles. The summed E-state index contributed by atoms with van der Waals surface area (Å²) < 4.78 is 39.7. The van der Waals surface area contributed by atoms with Gasteiger partial charge in [0.05, 0.1) is 0 Å². The number of hydrazine groups is 1. The molecule has 1 aromatic rings. The molecule has 0 bridgehead atoms. The minimum Gasteiger partial charge on any atom is -0.406 e. The summed E-state index contributed by atoms with van der Waals surface area (Å²) in [5, 5.41) is 0. The lowest BCUT2D eigenvalue weighted by Crippen LogP contribution is -2.36. The van der Waals surface area contributed by atoms with Gasteiger partial charge in [-0.15, -0.1) is 24.8 Å². The molecule has 0 aliphatic carbocycles. The van der Waals surface area contributed by atoms with Crippen LogP contribution in [0.25, 0.3) is 0 Å². The minimum absolute atomic E-state index is 0.0492. The predicted molar refractivity (Wildman–Crippen MR) is 67.9 cm³/mol. The van der Waals surface area contributed by atoms with E-state index >= 15 is 0 Å². The van der Waals surface area contributed by atoms with Gasteiger partial charge in [-0.25, -0.2) is 0 Å². The van der Waals surface area contributed by atoms with Crippen molar-refractivity contribution in [1.29, 1.82) is 0 Å². The number of rotatable bonds is 7. The third-order valence-electron chi connectivity index (χ3n) is 2.56. The maximum Gasteiger partial charge on any atom is 0.573 e. The zero-order valence-electron chi connectivity index (χ0n) is 10.2. The highest BCUT2D eigenvalue weighted by atomic mass is 35.5. The summed E-state index contributed by atoms with van der Waals surface area (Å²) in [6.07, 6.45) is -2.41. The molecule has 19 heavy (non-hydrogen) atoms. The molecule has 0 aromatic heterocycles. The van der Waals surface area contributed by atoms with Gasteiger partial charge in [0.25, 0.3) is 0 Å². The van der Waals surface area contributed by atoms with Crippen LogP contribution in [-0.2, 0) is 6.42 Å². The molecule has 0 amide bonds. The van der Waals surface area contributed by atoms with Crippen molar-refractivity contribution in [1.82, 2.24) is 5.43 Å². The van der Waals surface area contributed by atoms with Crippen LogP contribution >= 0.6 is 11.6 Å². The molecule has 3 nitrogen and oxygen atoms in total. The minimum atomic E-state index is -4.66. The first kappa shape index (κ1) is 16.1. The highest BCUT2D eigenvalue weighted by Crippen LogP contribution is 2.23. The van der Waals surface area contributed by atoms with Crippen LogP contribution in [0, 0.1) is 0 Å². The lowest BCUT2D eigenvalue weighted by atomic mass is 10.0. The summed E-state index contributed by atoms with van der Waals surface area (Å²) in [5.41, 5.74) is 3.55. The van der Waals surface area contributed by atoms with Crippen LogP contribution in [0.4, 0.5) is 13.2 Å². The van der Waals surface area contributed by atoms with Crippen LogP contribution < -0.4 is 16.0 Å². The Morgan fingerprint density at radius 1 is 1.26 bits per heavy atom. The van der Waals surface area contributed by atoms with E-state index < -0.39 is 6.36 Å². The van der Waals surface area contributed by atoms with E-state index in [1.807, 2.05) is 0 Å². The average Bonchev–Trinajstić information content (AvgIpc) is 2.34. The first-order chi connectivity index (χ1) is 8.94. The van der Waals surface area contributed by atoms with E-state index in [-0.39, 0.29) is 11.8 Å². The summed E-state index contributed by atoms with van der Waals surface area (Å²) >= 11 is 5.60. The number of hydrogen-bond acceptors (Lipinski definition) is 3. The molecule has 1 aromatic carbocycles. The van der Waals surface area contributed by atoms with E-state index in [0.717, 1.165) is 18.4 Å². The normalized spacial score (nSPS) is 13.3. The molecule has 0 saturated carbocycles. The molecular formula is C12H16ClF3N2O. The lowest BCUT2D eigenvalue weighted by molar-refractivity contribution is -0.274. The smallest absolute Gasteiger partial charge is 0.406 e. The number of nitrogens with one attached hydrogen (secondary N) is 1. The number of nitrogens with two attached hydrogens (primary N) is 1. The Bertz CT molecular complexity index is 370. The molecule has 0 fully saturated rings.